The zero-order valence-corrected chi connectivity index (χ0v) is 20.2. The Bertz CT molecular complexity index is 1210. The summed E-state index contributed by atoms with van der Waals surface area (Å²) in [6.45, 7) is 10.5. The maximum atomic E-state index is 6.20. The van der Waals surface area contributed by atoms with Crippen LogP contribution in [0.2, 0.25) is 0 Å². The van der Waals surface area contributed by atoms with Crippen molar-refractivity contribution in [3.63, 3.8) is 0 Å². The van der Waals surface area contributed by atoms with E-state index in [-0.39, 0.29) is 12.0 Å². The highest BCUT2D eigenvalue weighted by atomic mass is 35.5. The van der Waals surface area contributed by atoms with Gasteiger partial charge in [0.25, 0.3) is 0 Å². The summed E-state index contributed by atoms with van der Waals surface area (Å²) >= 11 is 13.9. The van der Waals surface area contributed by atoms with Gasteiger partial charge in [0.05, 0.1) is 21.0 Å². The summed E-state index contributed by atoms with van der Waals surface area (Å²) in [6.07, 6.45) is 13.2. The fraction of sp³-hybridized carbons (Fsp3) is 0.240. The molecule has 1 aliphatic rings. The van der Waals surface area contributed by atoms with Crippen LogP contribution in [0.25, 0.3) is 21.2 Å². The molecule has 7 heteroatoms. The van der Waals surface area contributed by atoms with Gasteiger partial charge >= 0.3 is 0 Å². The summed E-state index contributed by atoms with van der Waals surface area (Å²) in [5, 5.41) is 4.46. The van der Waals surface area contributed by atoms with Crippen molar-refractivity contribution in [1.82, 2.24) is 9.97 Å². The predicted molar refractivity (Wildman–Crippen MR) is 139 cm³/mol. The molecular formula is C25H24Cl2N4S. The Hall–Kier alpha value is -2.47. The van der Waals surface area contributed by atoms with Crippen molar-refractivity contribution in [2.45, 2.75) is 25.8 Å². The van der Waals surface area contributed by atoms with Crippen molar-refractivity contribution in [3.8, 4) is 10.4 Å². The maximum Gasteiger partial charge on any atom is 0.189 e. The Morgan fingerprint density at radius 1 is 1.28 bits per heavy atom. The van der Waals surface area contributed by atoms with E-state index in [0.29, 0.717) is 16.6 Å². The standard InChI is InChI=1S/C25H24Cl2N4S/c1-4-31(15-20(28-3)9-17-5-8-22(26)23(27)10-17)25-30-14-24(32-25)18-6-7-19-13-29-12-16(2)21(19)11-18/h4,6-8,10-14,17,20H,1,3,5,9,15H2,2H3/t17?,20-/m0/s1. The van der Waals surface area contributed by atoms with Gasteiger partial charge in [-0.3, -0.25) is 9.98 Å². The van der Waals surface area contributed by atoms with Gasteiger partial charge in [-0.05, 0) is 61.2 Å². The number of nitrogens with zero attached hydrogens (tertiary/aromatic N) is 4. The minimum Gasteiger partial charge on any atom is -0.323 e. The molecule has 0 saturated carbocycles. The highest BCUT2D eigenvalue weighted by molar-refractivity contribution is 7.18. The predicted octanol–water partition coefficient (Wildman–Crippen LogP) is 7.34. The lowest BCUT2D eigenvalue weighted by Gasteiger charge is -2.25. The Labute approximate surface area is 202 Å². The SMILES string of the molecule is C=CN(C[C@H](CC1C=C(Cl)C(Cl)=CC1)N=C)c1ncc(-c2ccc3cncc(C)c3c2)s1. The molecule has 0 N–H and O–H groups in total. The smallest absolute Gasteiger partial charge is 0.189 e. The molecule has 0 spiro atoms. The van der Waals surface area contributed by atoms with Gasteiger partial charge in [-0.1, -0.05) is 65.4 Å². The molecule has 0 saturated heterocycles. The van der Waals surface area contributed by atoms with Crippen LogP contribution in [0, 0.1) is 12.8 Å². The molecule has 2 aromatic heterocycles. The van der Waals surface area contributed by atoms with Gasteiger partial charge < -0.3 is 4.90 Å². The molecule has 1 aromatic carbocycles. The highest BCUT2D eigenvalue weighted by Gasteiger charge is 2.20. The molecule has 4 nitrogen and oxygen atoms in total. The van der Waals surface area contributed by atoms with Gasteiger partial charge in [-0.15, -0.1) is 0 Å². The molecule has 164 valence electrons. The van der Waals surface area contributed by atoms with E-state index in [0.717, 1.165) is 39.4 Å². The lowest BCUT2D eigenvalue weighted by atomic mass is 9.93. The Kier molecular flexibility index (Phi) is 7.09. The molecular weight excluding hydrogens is 459 g/mol. The fourth-order valence-electron chi connectivity index (χ4n) is 3.88. The molecule has 32 heavy (non-hydrogen) atoms. The average molecular weight is 483 g/mol. The van der Waals surface area contributed by atoms with E-state index in [1.807, 2.05) is 35.6 Å². The van der Waals surface area contributed by atoms with E-state index in [4.69, 9.17) is 23.2 Å². The monoisotopic (exact) mass is 482 g/mol. The van der Waals surface area contributed by atoms with Crippen LogP contribution < -0.4 is 4.90 Å². The first-order valence-corrected chi connectivity index (χ1v) is 11.9. The Morgan fingerprint density at radius 2 is 2.12 bits per heavy atom. The summed E-state index contributed by atoms with van der Waals surface area (Å²) in [7, 11) is 0. The molecule has 0 aliphatic heterocycles. The van der Waals surface area contributed by atoms with E-state index < -0.39 is 0 Å². The minimum atomic E-state index is 0.0205. The number of fused-ring (bicyclic) bond motifs is 1. The van der Waals surface area contributed by atoms with E-state index >= 15 is 0 Å². The van der Waals surface area contributed by atoms with Gasteiger partial charge in [0.2, 0.25) is 0 Å². The van der Waals surface area contributed by atoms with E-state index in [1.165, 1.54) is 5.39 Å². The van der Waals surface area contributed by atoms with E-state index in [9.17, 15) is 0 Å². The lowest BCUT2D eigenvalue weighted by Crippen LogP contribution is -2.28. The fourth-order valence-corrected chi connectivity index (χ4v) is 5.21. The number of benzene rings is 1. The number of halogens is 2. The maximum absolute atomic E-state index is 6.20. The molecule has 0 radical (unpaired) electrons. The van der Waals surface area contributed by atoms with Crippen molar-refractivity contribution in [2.75, 3.05) is 11.4 Å². The third-order valence-electron chi connectivity index (χ3n) is 5.65. The number of aliphatic imine (C=N–C) groups is 1. The van der Waals surface area contributed by atoms with Crippen molar-refractivity contribution < 1.29 is 0 Å². The van der Waals surface area contributed by atoms with Crippen molar-refractivity contribution in [1.29, 1.82) is 0 Å². The first-order chi connectivity index (χ1) is 15.5. The first kappa shape index (κ1) is 22.7. The molecule has 2 heterocycles. The van der Waals surface area contributed by atoms with E-state index in [1.54, 1.807) is 17.5 Å². The normalized spacial score (nSPS) is 16.9. The summed E-state index contributed by atoms with van der Waals surface area (Å²) in [6, 6.07) is 6.45. The van der Waals surface area contributed by atoms with Gasteiger partial charge in [0.15, 0.2) is 5.13 Å². The van der Waals surface area contributed by atoms with Crippen LogP contribution in [-0.4, -0.2) is 29.3 Å². The molecule has 0 amide bonds. The van der Waals surface area contributed by atoms with E-state index in [2.05, 4.69) is 53.4 Å². The largest absolute Gasteiger partial charge is 0.323 e. The lowest BCUT2D eigenvalue weighted by molar-refractivity contribution is 0.507. The third-order valence-corrected chi connectivity index (χ3v) is 7.52. The van der Waals surface area contributed by atoms with Gasteiger partial charge in [0, 0.05) is 30.5 Å². The zero-order valence-electron chi connectivity index (χ0n) is 17.8. The molecule has 2 atom stereocenters. The minimum absolute atomic E-state index is 0.0205. The highest BCUT2D eigenvalue weighted by Crippen LogP contribution is 2.35. The van der Waals surface area contributed by atoms with Crippen molar-refractivity contribution in [3.05, 3.63) is 77.3 Å². The second-order valence-corrected chi connectivity index (χ2v) is 9.69. The number of hydrogen-bond donors (Lipinski definition) is 0. The van der Waals surface area contributed by atoms with Gasteiger partial charge in [-0.25, -0.2) is 4.98 Å². The number of rotatable bonds is 8. The van der Waals surface area contributed by atoms with Crippen LogP contribution in [0.1, 0.15) is 18.4 Å². The number of hydrogen-bond acceptors (Lipinski definition) is 5. The number of allylic oxidation sites excluding steroid dienone is 4. The number of aryl methyl sites for hydroxylation is 1. The zero-order chi connectivity index (χ0) is 22.7. The summed E-state index contributed by atoms with van der Waals surface area (Å²) < 4.78 is 0. The van der Waals surface area contributed by atoms with Crippen molar-refractivity contribution in [2.24, 2.45) is 10.9 Å². The third kappa shape index (κ3) is 4.96. The number of thiazole rings is 1. The number of anilines is 1. The van der Waals surface area contributed by atoms with Crippen LogP contribution in [0.3, 0.4) is 0 Å². The molecule has 4 rings (SSSR count). The van der Waals surface area contributed by atoms with Gasteiger partial charge in [0.1, 0.15) is 0 Å². The first-order valence-electron chi connectivity index (χ1n) is 10.4. The average Bonchev–Trinajstić information content (AvgIpc) is 3.29. The quantitative estimate of drug-likeness (QED) is 0.315. The topological polar surface area (TPSA) is 41.4 Å². The van der Waals surface area contributed by atoms with Crippen LogP contribution >= 0.6 is 34.5 Å². The molecule has 0 fully saturated rings. The molecule has 1 unspecified atom stereocenters. The summed E-state index contributed by atoms with van der Waals surface area (Å²) in [4.78, 5) is 16.4. The van der Waals surface area contributed by atoms with Gasteiger partial charge in [-0.2, -0.15) is 0 Å². The Balaban J connectivity index is 1.50. The number of aromatic nitrogens is 2. The summed E-state index contributed by atoms with van der Waals surface area (Å²) in [5.41, 5.74) is 2.30. The van der Waals surface area contributed by atoms with Crippen LogP contribution in [0.5, 0.6) is 0 Å². The molecule has 1 aliphatic carbocycles. The number of pyridine rings is 1. The van der Waals surface area contributed by atoms with Crippen LogP contribution in [0.15, 0.2) is 76.8 Å². The molecule has 3 aromatic rings. The molecule has 0 bridgehead atoms. The van der Waals surface area contributed by atoms with Crippen molar-refractivity contribution >= 4 is 57.2 Å². The van der Waals surface area contributed by atoms with Crippen LogP contribution in [0.4, 0.5) is 5.13 Å². The second kappa shape index (κ2) is 9.99. The Morgan fingerprint density at radius 3 is 2.88 bits per heavy atom. The summed E-state index contributed by atoms with van der Waals surface area (Å²) in [5.74, 6) is 0.286. The second-order valence-electron chi connectivity index (χ2n) is 7.87. The van der Waals surface area contributed by atoms with Crippen LogP contribution in [-0.2, 0) is 0 Å².